The normalized spacial score (nSPS) is 36.0. The van der Waals surface area contributed by atoms with Crippen LogP contribution < -0.4 is 0 Å². The van der Waals surface area contributed by atoms with Gasteiger partial charge in [-0.05, 0) is 48.7 Å². The summed E-state index contributed by atoms with van der Waals surface area (Å²) >= 11 is 4.48. The number of rotatable bonds is 2. The Kier molecular flexibility index (Phi) is 1.95. The first-order valence-corrected chi connectivity index (χ1v) is 5.43. The molecular weight excluding hydrogens is 152 g/mol. The molecule has 2 rings (SSSR count). The summed E-state index contributed by atoms with van der Waals surface area (Å²) in [7, 11) is 0. The van der Waals surface area contributed by atoms with Crippen LogP contribution in [0.2, 0.25) is 0 Å². The summed E-state index contributed by atoms with van der Waals surface area (Å²) in [5.41, 5.74) is 0.844. The molecule has 2 fully saturated rings. The predicted octanol–water partition coefficient (Wildman–Crippen LogP) is 3.28. The molecule has 0 amide bonds. The standard InChI is InChI=1S/C10H18S/c1-8(11)7-9-3-2-4-10(9)5-6-10/h8-9,11H,2-7H2,1H3. The molecule has 0 radical (unpaired) electrons. The summed E-state index contributed by atoms with van der Waals surface area (Å²) in [6, 6.07) is 0. The van der Waals surface area contributed by atoms with Crippen molar-refractivity contribution in [3.63, 3.8) is 0 Å². The molecule has 0 aliphatic heterocycles. The van der Waals surface area contributed by atoms with Crippen molar-refractivity contribution in [1.29, 1.82) is 0 Å². The third-order valence-electron chi connectivity index (χ3n) is 3.61. The molecule has 0 aromatic carbocycles. The highest BCUT2D eigenvalue weighted by molar-refractivity contribution is 7.80. The van der Waals surface area contributed by atoms with E-state index in [4.69, 9.17) is 0 Å². The van der Waals surface area contributed by atoms with Gasteiger partial charge in [-0.15, -0.1) is 0 Å². The quantitative estimate of drug-likeness (QED) is 0.604. The fourth-order valence-electron chi connectivity index (χ4n) is 2.81. The third-order valence-corrected chi connectivity index (χ3v) is 3.82. The molecule has 2 saturated carbocycles. The van der Waals surface area contributed by atoms with E-state index in [2.05, 4.69) is 19.6 Å². The Morgan fingerprint density at radius 3 is 2.73 bits per heavy atom. The van der Waals surface area contributed by atoms with Gasteiger partial charge >= 0.3 is 0 Å². The highest BCUT2D eigenvalue weighted by Crippen LogP contribution is 2.62. The van der Waals surface area contributed by atoms with Crippen LogP contribution in [0, 0.1) is 11.3 Å². The van der Waals surface area contributed by atoms with E-state index in [1.165, 1.54) is 38.5 Å². The van der Waals surface area contributed by atoms with E-state index in [9.17, 15) is 0 Å². The van der Waals surface area contributed by atoms with Crippen molar-refractivity contribution in [2.24, 2.45) is 11.3 Å². The fourth-order valence-corrected chi connectivity index (χ4v) is 3.06. The van der Waals surface area contributed by atoms with E-state index in [0.29, 0.717) is 5.25 Å². The van der Waals surface area contributed by atoms with Gasteiger partial charge in [-0.3, -0.25) is 0 Å². The lowest BCUT2D eigenvalue weighted by molar-refractivity contribution is 0.343. The monoisotopic (exact) mass is 170 g/mol. The molecular formula is C10H18S. The maximum atomic E-state index is 4.48. The van der Waals surface area contributed by atoms with Crippen LogP contribution in [-0.4, -0.2) is 5.25 Å². The van der Waals surface area contributed by atoms with E-state index in [1.807, 2.05) is 0 Å². The molecule has 2 atom stereocenters. The van der Waals surface area contributed by atoms with Crippen LogP contribution in [0.5, 0.6) is 0 Å². The van der Waals surface area contributed by atoms with Crippen LogP contribution in [0.3, 0.4) is 0 Å². The number of thiol groups is 1. The van der Waals surface area contributed by atoms with Crippen LogP contribution in [0.1, 0.15) is 45.4 Å². The van der Waals surface area contributed by atoms with Crippen LogP contribution in [0.15, 0.2) is 0 Å². The van der Waals surface area contributed by atoms with Crippen LogP contribution in [0.25, 0.3) is 0 Å². The highest BCUT2D eigenvalue weighted by Gasteiger charge is 2.51. The van der Waals surface area contributed by atoms with Gasteiger partial charge in [-0.2, -0.15) is 12.6 Å². The molecule has 2 unspecified atom stereocenters. The maximum absolute atomic E-state index is 4.48. The first-order chi connectivity index (χ1) is 5.23. The second-order valence-electron chi connectivity index (χ2n) is 4.54. The van der Waals surface area contributed by atoms with E-state index >= 15 is 0 Å². The number of hydrogen-bond acceptors (Lipinski definition) is 1. The minimum atomic E-state index is 0.621. The average Bonchev–Trinajstić information content (AvgIpc) is 2.56. The van der Waals surface area contributed by atoms with Crippen molar-refractivity contribution in [3.05, 3.63) is 0 Å². The van der Waals surface area contributed by atoms with Gasteiger partial charge in [0.05, 0.1) is 0 Å². The third kappa shape index (κ3) is 1.44. The molecule has 1 spiro atoms. The molecule has 0 bridgehead atoms. The van der Waals surface area contributed by atoms with E-state index < -0.39 is 0 Å². The minimum Gasteiger partial charge on any atom is -0.176 e. The summed E-state index contributed by atoms with van der Waals surface area (Å²) in [4.78, 5) is 0. The van der Waals surface area contributed by atoms with Crippen LogP contribution in [-0.2, 0) is 0 Å². The van der Waals surface area contributed by atoms with Crippen molar-refractivity contribution in [2.45, 2.75) is 50.7 Å². The lowest BCUT2D eigenvalue weighted by Gasteiger charge is -2.19. The highest BCUT2D eigenvalue weighted by atomic mass is 32.1. The summed E-state index contributed by atoms with van der Waals surface area (Å²) < 4.78 is 0. The van der Waals surface area contributed by atoms with Crippen molar-refractivity contribution >= 4 is 12.6 Å². The Hall–Kier alpha value is 0.350. The Balaban J connectivity index is 1.92. The van der Waals surface area contributed by atoms with Gasteiger partial charge in [0.15, 0.2) is 0 Å². The Morgan fingerprint density at radius 2 is 2.18 bits per heavy atom. The molecule has 2 aliphatic rings. The molecule has 1 heteroatoms. The van der Waals surface area contributed by atoms with Gasteiger partial charge < -0.3 is 0 Å². The van der Waals surface area contributed by atoms with Crippen molar-refractivity contribution in [3.8, 4) is 0 Å². The zero-order chi connectivity index (χ0) is 7.90. The summed E-state index contributed by atoms with van der Waals surface area (Å²) in [5.74, 6) is 1.04. The number of hydrogen-bond donors (Lipinski definition) is 1. The molecule has 0 aromatic rings. The van der Waals surface area contributed by atoms with Crippen molar-refractivity contribution < 1.29 is 0 Å². The predicted molar refractivity (Wildman–Crippen MR) is 52.1 cm³/mol. The average molecular weight is 170 g/mol. The molecule has 64 valence electrons. The molecule has 0 saturated heterocycles. The topological polar surface area (TPSA) is 0 Å². The zero-order valence-corrected chi connectivity index (χ0v) is 8.24. The summed E-state index contributed by atoms with van der Waals surface area (Å²) in [6.07, 6.45) is 8.92. The molecule has 11 heavy (non-hydrogen) atoms. The van der Waals surface area contributed by atoms with Gasteiger partial charge in [0.1, 0.15) is 0 Å². The van der Waals surface area contributed by atoms with Gasteiger partial charge in [0.2, 0.25) is 0 Å². The molecule has 0 nitrogen and oxygen atoms in total. The van der Waals surface area contributed by atoms with E-state index in [0.717, 1.165) is 11.3 Å². The first-order valence-electron chi connectivity index (χ1n) is 4.91. The molecule has 0 heterocycles. The largest absolute Gasteiger partial charge is 0.176 e. The van der Waals surface area contributed by atoms with Crippen molar-refractivity contribution in [1.82, 2.24) is 0 Å². The lowest BCUT2D eigenvalue weighted by atomic mass is 9.89. The van der Waals surface area contributed by atoms with Gasteiger partial charge in [0.25, 0.3) is 0 Å². The smallest absolute Gasteiger partial charge is 0.000875 e. The second kappa shape index (κ2) is 2.69. The van der Waals surface area contributed by atoms with E-state index in [1.54, 1.807) is 0 Å². The van der Waals surface area contributed by atoms with Crippen LogP contribution in [0.4, 0.5) is 0 Å². The van der Waals surface area contributed by atoms with Gasteiger partial charge in [-0.1, -0.05) is 13.3 Å². The van der Waals surface area contributed by atoms with Crippen molar-refractivity contribution in [2.75, 3.05) is 0 Å². The maximum Gasteiger partial charge on any atom is -0.000875 e. The first kappa shape index (κ1) is 7.97. The minimum absolute atomic E-state index is 0.621. The molecule has 0 aromatic heterocycles. The lowest BCUT2D eigenvalue weighted by Crippen LogP contribution is -2.12. The van der Waals surface area contributed by atoms with Gasteiger partial charge in [-0.25, -0.2) is 0 Å². The van der Waals surface area contributed by atoms with Gasteiger partial charge in [0, 0.05) is 0 Å². The molecule has 0 N–H and O–H groups in total. The Labute approximate surface area is 75.2 Å². The fraction of sp³-hybridized carbons (Fsp3) is 1.00. The second-order valence-corrected chi connectivity index (χ2v) is 5.42. The van der Waals surface area contributed by atoms with E-state index in [-0.39, 0.29) is 0 Å². The molecule has 2 aliphatic carbocycles. The summed E-state index contributed by atoms with van der Waals surface area (Å²) in [6.45, 7) is 2.23. The SMILES string of the molecule is CC(S)CC1CCCC12CC2. The Bertz CT molecular complexity index is 147. The zero-order valence-electron chi connectivity index (χ0n) is 7.34. The van der Waals surface area contributed by atoms with Crippen LogP contribution >= 0.6 is 12.6 Å². The Morgan fingerprint density at radius 1 is 1.45 bits per heavy atom. The summed E-state index contributed by atoms with van der Waals surface area (Å²) in [5, 5.41) is 0.621.